The van der Waals surface area contributed by atoms with Gasteiger partial charge in [0.1, 0.15) is 5.82 Å². The molecule has 0 unspecified atom stereocenters. The van der Waals surface area contributed by atoms with Crippen LogP contribution in [0.25, 0.3) is 11.3 Å². The highest BCUT2D eigenvalue weighted by atomic mass is 14.9. The molecule has 3 heteroatoms. The molecule has 2 aromatic rings. The molecule has 1 N–H and O–H groups in total. The molecule has 1 aliphatic carbocycles. The molecule has 0 atom stereocenters. The minimum atomic E-state index is 0.707. The lowest BCUT2D eigenvalue weighted by Crippen LogP contribution is -2.09. The summed E-state index contributed by atoms with van der Waals surface area (Å²) in [5, 5.41) is 3.08. The maximum absolute atomic E-state index is 4.58. The summed E-state index contributed by atoms with van der Waals surface area (Å²) in [5.41, 5.74) is 5.21. The van der Waals surface area contributed by atoms with E-state index >= 15 is 0 Å². The number of aryl methyl sites for hydroxylation is 2. The van der Waals surface area contributed by atoms with Crippen LogP contribution in [-0.2, 0) is 19.4 Å². The molecule has 3 rings (SSSR count). The van der Waals surface area contributed by atoms with Gasteiger partial charge in [0.15, 0.2) is 0 Å². The topological polar surface area (TPSA) is 37.8 Å². The number of hydrogen-bond acceptors (Lipinski definition) is 3. The average molecular weight is 239 g/mol. The van der Waals surface area contributed by atoms with Crippen LogP contribution in [0.4, 0.5) is 0 Å². The van der Waals surface area contributed by atoms with Gasteiger partial charge in [-0.3, -0.25) is 0 Å². The molecular weight excluding hydrogens is 222 g/mol. The lowest BCUT2D eigenvalue weighted by molar-refractivity contribution is 0.759. The number of hydrogen-bond donors (Lipinski definition) is 1. The Morgan fingerprint density at radius 2 is 2.06 bits per heavy atom. The van der Waals surface area contributed by atoms with Crippen LogP contribution in [0, 0.1) is 0 Å². The molecule has 0 aliphatic heterocycles. The first-order valence-corrected chi connectivity index (χ1v) is 6.45. The van der Waals surface area contributed by atoms with E-state index in [0.29, 0.717) is 6.54 Å². The normalized spacial score (nSPS) is 13.6. The van der Waals surface area contributed by atoms with Crippen LogP contribution in [0.1, 0.15) is 23.4 Å². The van der Waals surface area contributed by atoms with Gasteiger partial charge in [-0.2, -0.15) is 0 Å². The van der Waals surface area contributed by atoms with E-state index in [-0.39, 0.29) is 0 Å². The zero-order chi connectivity index (χ0) is 12.4. The summed E-state index contributed by atoms with van der Waals surface area (Å²) in [7, 11) is 1.91. The highest BCUT2D eigenvalue weighted by Crippen LogP contribution is 2.26. The van der Waals surface area contributed by atoms with Crippen molar-refractivity contribution in [2.45, 2.75) is 25.8 Å². The molecule has 1 heterocycles. The smallest absolute Gasteiger partial charge is 0.142 e. The van der Waals surface area contributed by atoms with Crippen LogP contribution >= 0.6 is 0 Å². The molecule has 0 spiro atoms. The Hall–Kier alpha value is -1.74. The summed E-state index contributed by atoms with van der Waals surface area (Å²) < 4.78 is 0. The maximum Gasteiger partial charge on any atom is 0.142 e. The number of nitrogens with zero attached hydrogens (tertiary/aromatic N) is 2. The lowest BCUT2D eigenvalue weighted by atomic mass is 10.0. The molecule has 92 valence electrons. The number of benzene rings is 1. The van der Waals surface area contributed by atoms with Crippen LogP contribution in [-0.4, -0.2) is 17.0 Å². The largest absolute Gasteiger partial charge is 0.313 e. The van der Waals surface area contributed by atoms with Crippen molar-refractivity contribution in [2.75, 3.05) is 7.05 Å². The summed E-state index contributed by atoms with van der Waals surface area (Å²) >= 11 is 0. The summed E-state index contributed by atoms with van der Waals surface area (Å²) in [6.07, 6.45) is 5.55. The van der Waals surface area contributed by atoms with Crippen molar-refractivity contribution in [3.8, 4) is 11.3 Å². The number of nitrogens with one attached hydrogen (secondary N) is 1. The Morgan fingerprint density at radius 3 is 2.94 bits per heavy atom. The fourth-order valence-corrected chi connectivity index (χ4v) is 2.53. The molecule has 1 aromatic carbocycles. The van der Waals surface area contributed by atoms with Gasteiger partial charge in [-0.1, -0.05) is 12.1 Å². The van der Waals surface area contributed by atoms with Gasteiger partial charge in [-0.25, -0.2) is 9.97 Å². The Bertz CT molecular complexity index is 563. The third-order valence-electron chi connectivity index (χ3n) is 3.43. The monoisotopic (exact) mass is 239 g/mol. The van der Waals surface area contributed by atoms with Crippen molar-refractivity contribution in [2.24, 2.45) is 0 Å². The van der Waals surface area contributed by atoms with E-state index in [1.807, 2.05) is 19.3 Å². The van der Waals surface area contributed by atoms with E-state index < -0.39 is 0 Å². The van der Waals surface area contributed by atoms with Crippen LogP contribution in [0.2, 0.25) is 0 Å². The molecular formula is C15H17N3. The van der Waals surface area contributed by atoms with Crippen molar-refractivity contribution < 1.29 is 0 Å². The molecule has 0 saturated heterocycles. The van der Waals surface area contributed by atoms with E-state index in [0.717, 1.165) is 11.5 Å². The van der Waals surface area contributed by atoms with Crippen molar-refractivity contribution in [3.63, 3.8) is 0 Å². The minimum Gasteiger partial charge on any atom is -0.313 e. The van der Waals surface area contributed by atoms with Crippen LogP contribution in [0.15, 0.2) is 30.5 Å². The number of rotatable bonds is 3. The Kier molecular flexibility index (Phi) is 3.07. The van der Waals surface area contributed by atoms with Crippen molar-refractivity contribution in [1.29, 1.82) is 0 Å². The van der Waals surface area contributed by atoms with Gasteiger partial charge in [0.05, 0.1) is 12.2 Å². The SMILES string of the molecule is CNCc1nccc(-c2ccc3c(c2)CCC3)n1. The second kappa shape index (κ2) is 4.86. The van der Waals surface area contributed by atoms with E-state index in [2.05, 4.69) is 33.5 Å². The van der Waals surface area contributed by atoms with Gasteiger partial charge in [0.25, 0.3) is 0 Å². The van der Waals surface area contributed by atoms with Gasteiger partial charge >= 0.3 is 0 Å². The third kappa shape index (κ3) is 2.14. The number of fused-ring (bicyclic) bond motifs is 1. The Labute approximate surface area is 107 Å². The second-order valence-electron chi connectivity index (χ2n) is 4.73. The third-order valence-corrected chi connectivity index (χ3v) is 3.43. The standard InChI is InChI=1S/C15H17N3/c1-16-10-15-17-8-7-14(18-15)13-6-5-11-3-2-4-12(11)9-13/h5-9,16H,2-4,10H2,1H3. The van der Waals surface area contributed by atoms with Crippen molar-refractivity contribution in [3.05, 3.63) is 47.4 Å². The van der Waals surface area contributed by atoms with Gasteiger partial charge in [0, 0.05) is 11.8 Å². The molecule has 0 amide bonds. The predicted octanol–water partition coefficient (Wildman–Crippen LogP) is 2.35. The highest BCUT2D eigenvalue weighted by Gasteiger charge is 2.12. The van der Waals surface area contributed by atoms with Crippen LogP contribution in [0.3, 0.4) is 0 Å². The minimum absolute atomic E-state index is 0.707. The van der Waals surface area contributed by atoms with E-state index in [1.165, 1.54) is 36.0 Å². The summed E-state index contributed by atoms with van der Waals surface area (Å²) in [6.45, 7) is 0.707. The molecule has 0 fully saturated rings. The maximum atomic E-state index is 4.58. The summed E-state index contributed by atoms with van der Waals surface area (Å²) in [5.74, 6) is 0.843. The second-order valence-corrected chi connectivity index (χ2v) is 4.73. The van der Waals surface area contributed by atoms with Gasteiger partial charge in [-0.05, 0) is 49.6 Å². The van der Waals surface area contributed by atoms with E-state index in [9.17, 15) is 0 Å². The van der Waals surface area contributed by atoms with Crippen molar-refractivity contribution >= 4 is 0 Å². The Morgan fingerprint density at radius 1 is 1.17 bits per heavy atom. The molecule has 1 aromatic heterocycles. The van der Waals surface area contributed by atoms with Gasteiger partial charge in [-0.15, -0.1) is 0 Å². The van der Waals surface area contributed by atoms with Gasteiger partial charge in [0.2, 0.25) is 0 Å². The van der Waals surface area contributed by atoms with Crippen LogP contribution < -0.4 is 5.32 Å². The zero-order valence-electron chi connectivity index (χ0n) is 10.6. The molecule has 18 heavy (non-hydrogen) atoms. The average Bonchev–Trinajstić information content (AvgIpc) is 2.86. The molecule has 0 bridgehead atoms. The fourth-order valence-electron chi connectivity index (χ4n) is 2.53. The Balaban J connectivity index is 1.96. The molecule has 3 nitrogen and oxygen atoms in total. The quantitative estimate of drug-likeness (QED) is 0.893. The van der Waals surface area contributed by atoms with E-state index in [4.69, 9.17) is 0 Å². The highest BCUT2D eigenvalue weighted by molar-refractivity contribution is 5.61. The van der Waals surface area contributed by atoms with Crippen molar-refractivity contribution in [1.82, 2.24) is 15.3 Å². The zero-order valence-corrected chi connectivity index (χ0v) is 10.6. The van der Waals surface area contributed by atoms with Crippen LogP contribution in [0.5, 0.6) is 0 Å². The fraction of sp³-hybridized carbons (Fsp3) is 0.333. The summed E-state index contributed by atoms with van der Waals surface area (Å²) in [4.78, 5) is 8.84. The number of aromatic nitrogens is 2. The molecule has 0 radical (unpaired) electrons. The van der Waals surface area contributed by atoms with Gasteiger partial charge < -0.3 is 5.32 Å². The first-order chi connectivity index (χ1) is 8.86. The molecule has 0 saturated carbocycles. The summed E-state index contributed by atoms with van der Waals surface area (Å²) in [6, 6.07) is 8.69. The first kappa shape index (κ1) is 11.4. The first-order valence-electron chi connectivity index (χ1n) is 6.45. The molecule has 1 aliphatic rings. The van der Waals surface area contributed by atoms with E-state index in [1.54, 1.807) is 0 Å². The lowest BCUT2D eigenvalue weighted by Gasteiger charge is -2.06. The predicted molar refractivity (Wildman–Crippen MR) is 72.3 cm³/mol.